The molecule has 0 bridgehead atoms. The number of aryl methyl sites for hydroxylation is 2. The molecule has 0 N–H and O–H groups in total. The minimum atomic E-state index is -0.148. The highest BCUT2D eigenvalue weighted by Gasteiger charge is 2.26. The van der Waals surface area contributed by atoms with Crippen LogP contribution in [0, 0.1) is 11.8 Å². The van der Waals surface area contributed by atoms with Gasteiger partial charge in [0.25, 0.3) is 0 Å². The molecular formula is C34H49FO. The number of rotatable bonds is 12. The maximum absolute atomic E-state index is 12.3. The summed E-state index contributed by atoms with van der Waals surface area (Å²) in [5.41, 5.74) is 5.97. The van der Waals surface area contributed by atoms with E-state index in [4.69, 9.17) is 4.74 Å². The van der Waals surface area contributed by atoms with Gasteiger partial charge in [-0.25, -0.2) is 0 Å². The number of benzene rings is 2. The lowest BCUT2D eigenvalue weighted by Crippen LogP contribution is -2.24. The van der Waals surface area contributed by atoms with Crippen molar-refractivity contribution < 1.29 is 9.13 Å². The molecule has 0 aromatic heterocycles. The first-order valence-corrected chi connectivity index (χ1v) is 14.9. The Morgan fingerprint density at radius 2 is 1.19 bits per heavy atom. The van der Waals surface area contributed by atoms with Crippen molar-refractivity contribution >= 4 is 0 Å². The average molecular weight is 493 g/mol. The normalized spacial score (nSPS) is 25.5. The van der Waals surface area contributed by atoms with Crippen molar-refractivity contribution in [3.63, 3.8) is 0 Å². The Kier molecular flexibility index (Phi) is 10.9. The third-order valence-electron chi connectivity index (χ3n) is 9.50. The Hall–Kier alpha value is -1.67. The van der Waals surface area contributed by atoms with Crippen LogP contribution in [0.1, 0.15) is 118 Å². The first-order valence-electron chi connectivity index (χ1n) is 14.9. The smallest absolute Gasteiger partial charge is 0.0894 e. The van der Waals surface area contributed by atoms with E-state index in [0.717, 1.165) is 49.4 Å². The summed E-state index contributed by atoms with van der Waals surface area (Å²) in [5.74, 6) is 3.07. The summed E-state index contributed by atoms with van der Waals surface area (Å²) in [5, 5.41) is 0. The number of hydrogen-bond donors (Lipinski definition) is 0. The molecule has 36 heavy (non-hydrogen) atoms. The van der Waals surface area contributed by atoms with Gasteiger partial charge in [0.15, 0.2) is 0 Å². The standard InChI is InChI=1S/C34H49FO/c1-26(36-2)30-21-23-34(24-22-30)33-19-13-29(14-20-33)8-7-28-11-17-32(18-12-28)31-15-9-27(10-16-31)6-4-3-5-25-35/h11-14,17-20,26-27,30-31,34H,3-10,15-16,21-25H2,1-2H3/t26?,27-,30-,31-,34-. The van der Waals surface area contributed by atoms with E-state index in [1.807, 2.05) is 7.11 Å². The quantitative estimate of drug-likeness (QED) is 0.268. The first kappa shape index (κ1) is 27.4. The van der Waals surface area contributed by atoms with Crippen molar-refractivity contribution in [3.8, 4) is 0 Å². The highest BCUT2D eigenvalue weighted by molar-refractivity contribution is 5.29. The molecule has 0 aliphatic heterocycles. The van der Waals surface area contributed by atoms with E-state index in [0.29, 0.717) is 6.10 Å². The van der Waals surface area contributed by atoms with Crippen LogP contribution in [-0.4, -0.2) is 19.9 Å². The maximum atomic E-state index is 12.3. The summed E-state index contributed by atoms with van der Waals surface area (Å²) in [6.45, 7) is 2.07. The zero-order valence-electron chi connectivity index (χ0n) is 22.9. The van der Waals surface area contributed by atoms with Crippen LogP contribution in [0.3, 0.4) is 0 Å². The van der Waals surface area contributed by atoms with Gasteiger partial charge >= 0.3 is 0 Å². The summed E-state index contributed by atoms with van der Waals surface area (Å²) in [7, 11) is 1.84. The molecule has 2 saturated carbocycles. The lowest BCUT2D eigenvalue weighted by molar-refractivity contribution is 0.0480. The monoisotopic (exact) mass is 492 g/mol. The average Bonchev–Trinajstić information content (AvgIpc) is 2.95. The minimum absolute atomic E-state index is 0.148. The van der Waals surface area contributed by atoms with Crippen LogP contribution < -0.4 is 0 Å². The van der Waals surface area contributed by atoms with Gasteiger partial charge in [-0.1, -0.05) is 67.8 Å². The Bertz CT molecular complexity index is 857. The second kappa shape index (κ2) is 14.3. The topological polar surface area (TPSA) is 9.23 Å². The number of alkyl halides is 1. The lowest BCUT2D eigenvalue weighted by Gasteiger charge is -2.31. The van der Waals surface area contributed by atoms with Gasteiger partial charge in [-0.3, -0.25) is 4.39 Å². The molecule has 1 atom stereocenters. The SMILES string of the molecule is COC(C)[C@H]1CC[C@H](c2ccc(CCc3ccc([C@H]4CC[C@H](CCCCCF)CC4)cc3)cc2)CC1. The van der Waals surface area contributed by atoms with Gasteiger partial charge in [0.05, 0.1) is 12.8 Å². The van der Waals surface area contributed by atoms with Crippen LogP contribution in [0.25, 0.3) is 0 Å². The molecule has 1 unspecified atom stereocenters. The Morgan fingerprint density at radius 3 is 1.67 bits per heavy atom. The van der Waals surface area contributed by atoms with E-state index in [9.17, 15) is 4.39 Å². The van der Waals surface area contributed by atoms with E-state index in [1.165, 1.54) is 86.5 Å². The van der Waals surface area contributed by atoms with Crippen molar-refractivity contribution in [1.29, 1.82) is 0 Å². The molecule has 0 saturated heterocycles. The number of halogens is 1. The Morgan fingerprint density at radius 1 is 0.694 bits per heavy atom. The van der Waals surface area contributed by atoms with E-state index in [-0.39, 0.29) is 6.67 Å². The van der Waals surface area contributed by atoms with E-state index >= 15 is 0 Å². The predicted octanol–water partition coefficient (Wildman–Crippen LogP) is 9.58. The molecule has 4 rings (SSSR count). The molecule has 198 valence electrons. The van der Waals surface area contributed by atoms with Crippen molar-refractivity contribution in [2.75, 3.05) is 13.8 Å². The van der Waals surface area contributed by atoms with Crippen LogP contribution in [0.2, 0.25) is 0 Å². The Labute approximate surface area is 220 Å². The number of hydrogen-bond acceptors (Lipinski definition) is 1. The second-order valence-electron chi connectivity index (χ2n) is 11.8. The molecule has 2 fully saturated rings. The predicted molar refractivity (Wildman–Crippen MR) is 151 cm³/mol. The summed E-state index contributed by atoms with van der Waals surface area (Å²) >= 11 is 0. The summed E-state index contributed by atoms with van der Waals surface area (Å²) in [6.07, 6.45) is 17.5. The van der Waals surface area contributed by atoms with Crippen LogP contribution in [0.15, 0.2) is 48.5 Å². The molecule has 0 heterocycles. The van der Waals surface area contributed by atoms with E-state index in [1.54, 1.807) is 0 Å². The summed E-state index contributed by atoms with van der Waals surface area (Å²) in [6, 6.07) is 19.0. The van der Waals surface area contributed by atoms with Gasteiger partial charge < -0.3 is 4.74 Å². The van der Waals surface area contributed by atoms with Crippen molar-refractivity contribution in [3.05, 3.63) is 70.8 Å². The van der Waals surface area contributed by atoms with Gasteiger partial charge in [0.2, 0.25) is 0 Å². The molecule has 1 nitrogen and oxygen atoms in total. The fourth-order valence-electron chi connectivity index (χ4n) is 6.80. The molecule has 0 radical (unpaired) electrons. The zero-order chi connectivity index (χ0) is 25.2. The Balaban J connectivity index is 1.18. The molecule has 0 amide bonds. The van der Waals surface area contributed by atoms with E-state index < -0.39 is 0 Å². The number of unbranched alkanes of at least 4 members (excludes halogenated alkanes) is 2. The molecule has 0 spiro atoms. The third-order valence-corrected chi connectivity index (χ3v) is 9.50. The largest absolute Gasteiger partial charge is 0.381 e. The summed E-state index contributed by atoms with van der Waals surface area (Å²) < 4.78 is 17.8. The molecular weight excluding hydrogens is 443 g/mol. The third kappa shape index (κ3) is 7.91. The van der Waals surface area contributed by atoms with Crippen LogP contribution in [0.4, 0.5) is 4.39 Å². The molecule has 2 aromatic carbocycles. The second-order valence-corrected chi connectivity index (χ2v) is 11.8. The fourth-order valence-corrected chi connectivity index (χ4v) is 6.80. The van der Waals surface area contributed by atoms with Gasteiger partial charge in [-0.15, -0.1) is 0 Å². The van der Waals surface area contributed by atoms with Gasteiger partial charge in [0.1, 0.15) is 0 Å². The maximum Gasteiger partial charge on any atom is 0.0894 e. The highest BCUT2D eigenvalue weighted by atomic mass is 19.1. The lowest BCUT2D eigenvalue weighted by atomic mass is 9.76. The fraction of sp³-hybridized carbons (Fsp3) is 0.647. The zero-order valence-corrected chi connectivity index (χ0v) is 22.9. The number of methoxy groups -OCH3 is 1. The molecule has 2 heteroatoms. The molecule has 2 aliphatic carbocycles. The van der Waals surface area contributed by atoms with Crippen LogP contribution >= 0.6 is 0 Å². The van der Waals surface area contributed by atoms with Crippen molar-refractivity contribution in [2.24, 2.45) is 11.8 Å². The minimum Gasteiger partial charge on any atom is -0.381 e. The van der Waals surface area contributed by atoms with Crippen molar-refractivity contribution in [2.45, 2.75) is 115 Å². The van der Waals surface area contributed by atoms with Gasteiger partial charge in [-0.2, -0.15) is 0 Å². The van der Waals surface area contributed by atoms with E-state index in [2.05, 4.69) is 55.5 Å². The number of ether oxygens (including phenoxy) is 1. The first-order chi connectivity index (χ1) is 17.7. The molecule has 2 aromatic rings. The van der Waals surface area contributed by atoms with Gasteiger partial charge in [-0.05, 0) is 123 Å². The van der Waals surface area contributed by atoms with Crippen LogP contribution in [0.5, 0.6) is 0 Å². The summed E-state index contributed by atoms with van der Waals surface area (Å²) in [4.78, 5) is 0. The highest BCUT2D eigenvalue weighted by Crippen LogP contribution is 2.39. The van der Waals surface area contributed by atoms with Crippen molar-refractivity contribution in [1.82, 2.24) is 0 Å². The van der Waals surface area contributed by atoms with Crippen LogP contribution in [-0.2, 0) is 17.6 Å². The van der Waals surface area contributed by atoms with Gasteiger partial charge in [0, 0.05) is 7.11 Å². The molecule has 2 aliphatic rings.